The minimum absolute atomic E-state index is 1.03. The first-order valence-corrected chi connectivity index (χ1v) is 4.57. The molecular formula is C9H18N2. The van der Waals surface area contributed by atoms with Crippen molar-refractivity contribution < 1.29 is 0 Å². The lowest BCUT2D eigenvalue weighted by Gasteiger charge is -2.15. The second kappa shape index (κ2) is 5.19. The normalized spacial score (nSPS) is 17.7. The van der Waals surface area contributed by atoms with Crippen LogP contribution in [0.5, 0.6) is 0 Å². The highest BCUT2D eigenvalue weighted by Gasteiger charge is 1.99. The Morgan fingerprint density at radius 3 is 3.18 bits per heavy atom. The van der Waals surface area contributed by atoms with Gasteiger partial charge in [0.15, 0.2) is 0 Å². The zero-order valence-corrected chi connectivity index (χ0v) is 7.32. The van der Waals surface area contributed by atoms with Gasteiger partial charge in [-0.15, -0.1) is 0 Å². The van der Waals surface area contributed by atoms with E-state index in [4.69, 9.17) is 0 Å². The average molecular weight is 154 g/mol. The predicted molar refractivity (Wildman–Crippen MR) is 48.5 cm³/mol. The topological polar surface area (TPSA) is 24.1 Å². The van der Waals surface area contributed by atoms with Crippen molar-refractivity contribution in [3.8, 4) is 0 Å². The zero-order chi connectivity index (χ0) is 7.94. The Morgan fingerprint density at radius 2 is 2.55 bits per heavy atom. The van der Waals surface area contributed by atoms with E-state index in [1.165, 1.54) is 25.0 Å². The van der Waals surface area contributed by atoms with E-state index in [-0.39, 0.29) is 0 Å². The van der Waals surface area contributed by atoms with Crippen molar-refractivity contribution in [1.29, 1.82) is 0 Å². The summed E-state index contributed by atoms with van der Waals surface area (Å²) in [6.45, 7) is 5.52. The van der Waals surface area contributed by atoms with Gasteiger partial charge < -0.3 is 10.6 Å². The third-order valence-electron chi connectivity index (χ3n) is 1.91. The van der Waals surface area contributed by atoms with Crippen LogP contribution in [0.1, 0.15) is 26.2 Å². The summed E-state index contributed by atoms with van der Waals surface area (Å²) in [5.74, 6) is 0. The summed E-state index contributed by atoms with van der Waals surface area (Å²) >= 11 is 0. The van der Waals surface area contributed by atoms with Gasteiger partial charge in [0.1, 0.15) is 0 Å². The van der Waals surface area contributed by atoms with E-state index in [1.54, 1.807) is 0 Å². The van der Waals surface area contributed by atoms with Gasteiger partial charge in [0.05, 0.1) is 0 Å². The SMILES string of the molecule is CCCCNC1=CCCNC1. The van der Waals surface area contributed by atoms with Crippen LogP contribution in [0, 0.1) is 0 Å². The summed E-state index contributed by atoms with van der Waals surface area (Å²) in [7, 11) is 0. The Bertz CT molecular complexity index is 130. The molecule has 0 saturated carbocycles. The fourth-order valence-corrected chi connectivity index (χ4v) is 1.20. The molecule has 0 amide bonds. The maximum absolute atomic E-state index is 3.42. The Labute approximate surface area is 69.1 Å². The molecule has 11 heavy (non-hydrogen) atoms. The number of hydrogen-bond donors (Lipinski definition) is 2. The molecule has 0 saturated heterocycles. The van der Waals surface area contributed by atoms with Crippen molar-refractivity contribution in [3.05, 3.63) is 11.8 Å². The molecule has 0 atom stereocenters. The molecule has 0 bridgehead atoms. The van der Waals surface area contributed by atoms with Crippen molar-refractivity contribution >= 4 is 0 Å². The van der Waals surface area contributed by atoms with Crippen LogP contribution in [0.15, 0.2) is 11.8 Å². The molecule has 2 nitrogen and oxygen atoms in total. The lowest BCUT2D eigenvalue weighted by Crippen LogP contribution is -2.29. The first-order valence-electron chi connectivity index (χ1n) is 4.57. The Morgan fingerprint density at radius 1 is 1.64 bits per heavy atom. The number of unbranched alkanes of at least 4 members (excludes halogenated alkanes) is 1. The van der Waals surface area contributed by atoms with Crippen molar-refractivity contribution in [2.24, 2.45) is 0 Å². The van der Waals surface area contributed by atoms with Crippen LogP contribution >= 0.6 is 0 Å². The van der Waals surface area contributed by atoms with Crippen molar-refractivity contribution in [2.45, 2.75) is 26.2 Å². The number of hydrogen-bond acceptors (Lipinski definition) is 2. The first kappa shape index (κ1) is 8.60. The standard InChI is InChI=1S/C9H18N2/c1-2-3-7-11-9-5-4-6-10-8-9/h5,10-11H,2-4,6-8H2,1H3. The highest BCUT2D eigenvalue weighted by molar-refractivity contribution is 5.04. The molecule has 2 N–H and O–H groups in total. The first-order chi connectivity index (χ1) is 5.43. The van der Waals surface area contributed by atoms with Gasteiger partial charge in [-0.25, -0.2) is 0 Å². The van der Waals surface area contributed by atoms with Crippen LogP contribution < -0.4 is 10.6 Å². The van der Waals surface area contributed by atoms with Gasteiger partial charge in [-0.2, -0.15) is 0 Å². The molecular weight excluding hydrogens is 136 g/mol. The van der Waals surface area contributed by atoms with Crippen molar-refractivity contribution in [2.75, 3.05) is 19.6 Å². The van der Waals surface area contributed by atoms with Crippen LogP contribution in [0.4, 0.5) is 0 Å². The lowest BCUT2D eigenvalue weighted by atomic mass is 10.2. The van der Waals surface area contributed by atoms with E-state index in [0.717, 1.165) is 19.6 Å². The summed E-state index contributed by atoms with van der Waals surface area (Å²) in [5.41, 5.74) is 1.38. The summed E-state index contributed by atoms with van der Waals surface area (Å²) in [6.07, 6.45) is 6.02. The third kappa shape index (κ3) is 3.42. The number of rotatable bonds is 4. The van der Waals surface area contributed by atoms with Gasteiger partial charge in [-0.05, 0) is 19.4 Å². The molecule has 64 valence electrons. The summed E-state index contributed by atoms with van der Waals surface area (Å²) in [5, 5.41) is 6.75. The van der Waals surface area contributed by atoms with E-state index >= 15 is 0 Å². The summed E-state index contributed by atoms with van der Waals surface area (Å²) in [6, 6.07) is 0. The van der Waals surface area contributed by atoms with Crippen LogP contribution in [0.3, 0.4) is 0 Å². The van der Waals surface area contributed by atoms with Crippen molar-refractivity contribution in [1.82, 2.24) is 10.6 Å². The molecule has 0 aliphatic carbocycles. The van der Waals surface area contributed by atoms with Crippen LogP contribution in [-0.2, 0) is 0 Å². The molecule has 0 unspecified atom stereocenters. The van der Waals surface area contributed by atoms with Gasteiger partial charge in [0.25, 0.3) is 0 Å². The Hall–Kier alpha value is -0.500. The molecule has 1 aliphatic rings. The molecule has 1 aliphatic heterocycles. The van der Waals surface area contributed by atoms with Gasteiger partial charge in [0.2, 0.25) is 0 Å². The summed E-state index contributed by atoms with van der Waals surface area (Å²) < 4.78 is 0. The fourth-order valence-electron chi connectivity index (χ4n) is 1.20. The van der Waals surface area contributed by atoms with E-state index < -0.39 is 0 Å². The van der Waals surface area contributed by atoms with Gasteiger partial charge in [-0.3, -0.25) is 0 Å². The molecule has 2 heteroatoms. The minimum Gasteiger partial charge on any atom is -0.388 e. The molecule has 0 radical (unpaired) electrons. The second-order valence-electron chi connectivity index (χ2n) is 2.98. The molecule has 0 aromatic carbocycles. The average Bonchev–Trinajstić information content (AvgIpc) is 2.07. The quantitative estimate of drug-likeness (QED) is 0.596. The maximum Gasteiger partial charge on any atom is 0.0350 e. The van der Waals surface area contributed by atoms with E-state index in [1.807, 2.05) is 0 Å². The van der Waals surface area contributed by atoms with Gasteiger partial charge in [-0.1, -0.05) is 19.4 Å². The monoisotopic (exact) mass is 154 g/mol. The van der Waals surface area contributed by atoms with Crippen molar-refractivity contribution in [3.63, 3.8) is 0 Å². The second-order valence-corrected chi connectivity index (χ2v) is 2.98. The molecule has 0 spiro atoms. The third-order valence-corrected chi connectivity index (χ3v) is 1.91. The molecule has 1 heterocycles. The van der Waals surface area contributed by atoms with Gasteiger partial charge >= 0.3 is 0 Å². The largest absolute Gasteiger partial charge is 0.388 e. The highest BCUT2D eigenvalue weighted by Crippen LogP contribution is 1.97. The Kier molecular flexibility index (Phi) is 4.06. The highest BCUT2D eigenvalue weighted by atomic mass is 15.0. The van der Waals surface area contributed by atoms with E-state index in [0.29, 0.717) is 0 Å². The predicted octanol–water partition coefficient (Wildman–Crippen LogP) is 1.25. The zero-order valence-electron chi connectivity index (χ0n) is 7.32. The fraction of sp³-hybridized carbons (Fsp3) is 0.778. The smallest absolute Gasteiger partial charge is 0.0350 e. The molecule has 0 aromatic rings. The van der Waals surface area contributed by atoms with E-state index in [2.05, 4.69) is 23.6 Å². The summed E-state index contributed by atoms with van der Waals surface area (Å²) in [4.78, 5) is 0. The van der Waals surface area contributed by atoms with Crippen LogP contribution in [0.25, 0.3) is 0 Å². The molecule has 1 rings (SSSR count). The van der Waals surface area contributed by atoms with Crippen LogP contribution in [-0.4, -0.2) is 19.6 Å². The van der Waals surface area contributed by atoms with Gasteiger partial charge in [0, 0.05) is 18.8 Å². The lowest BCUT2D eigenvalue weighted by molar-refractivity contribution is 0.627. The Balaban J connectivity index is 2.09. The van der Waals surface area contributed by atoms with E-state index in [9.17, 15) is 0 Å². The maximum atomic E-state index is 3.42. The van der Waals surface area contributed by atoms with Crippen LogP contribution in [0.2, 0.25) is 0 Å². The molecule has 0 fully saturated rings. The number of nitrogens with one attached hydrogen (secondary N) is 2. The minimum atomic E-state index is 1.03. The molecule has 0 aromatic heterocycles.